The third kappa shape index (κ3) is 4.93. The maximum absolute atomic E-state index is 13.2. The van der Waals surface area contributed by atoms with Crippen molar-refractivity contribution in [1.29, 1.82) is 0 Å². The zero-order valence-corrected chi connectivity index (χ0v) is 13.7. The molecule has 0 bridgehead atoms. The van der Waals surface area contributed by atoms with Gasteiger partial charge in [0, 0.05) is 11.4 Å². The number of nitrogens with one attached hydrogen (secondary N) is 1. The Balaban J connectivity index is 1.88. The van der Waals surface area contributed by atoms with Crippen molar-refractivity contribution in [3.05, 3.63) is 58.0 Å². The predicted octanol–water partition coefficient (Wildman–Crippen LogP) is 3.59. The van der Waals surface area contributed by atoms with E-state index >= 15 is 0 Å². The summed E-state index contributed by atoms with van der Waals surface area (Å²) in [5, 5.41) is 5.00. The molecule has 1 aromatic carbocycles. The Morgan fingerprint density at radius 1 is 1.36 bits per heavy atom. The van der Waals surface area contributed by atoms with Crippen LogP contribution in [0.5, 0.6) is 0 Å². The van der Waals surface area contributed by atoms with Gasteiger partial charge in [-0.25, -0.2) is 4.39 Å². The van der Waals surface area contributed by atoms with Gasteiger partial charge < -0.3 is 5.32 Å². The number of rotatable bonds is 7. The molecule has 0 aliphatic carbocycles. The van der Waals surface area contributed by atoms with Crippen molar-refractivity contribution >= 4 is 17.2 Å². The van der Waals surface area contributed by atoms with Crippen molar-refractivity contribution in [2.75, 3.05) is 13.1 Å². The number of likely N-dealkylation sites (N-methyl/N-ethyl adjacent to an activating group) is 1. The van der Waals surface area contributed by atoms with Gasteiger partial charge in [0.2, 0.25) is 5.91 Å². The van der Waals surface area contributed by atoms with Crippen LogP contribution in [0.25, 0.3) is 0 Å². The minimum absolute atomic E-state index is 0.0142. The fourth-order valence-corrected chi connectivity index (χ4v) is 3.01. The smallest absolute Gasteiger partial charge is 0.234 e. The average Bonchev–Trinajstić information content (AvgIpc) is 3.00. The molecular weight excluding hydrogens is 299 g/mol. The first kappa shape index (κ1) is 16.6. The summed E-state index contributed by atoms with van der Waals surface area (Å²) in [6.45, 7) is 5.58. The second kappa shape index (κ2) is 8.06. The summed E-state index contributed by atoms with van der Waals surface area (Å²) in [4.78, 5) is 15.3. The fraction of sp³-hybridized carbons (Fsp3) is 0.353. The van der Waals surface area contributed by atoms with Gasteiger partial charge >= 0.3 is 0 Å². The van der Waals surface area contributed by atoms with Crippen LogP contribution in [-0.4, -0.2) is 23.9 Å². The molecule has 1 heterocycles. The van der Waals surface area contributed by atoms with Crippen molar-refractivity contribution in [2.24, 2.45) is 0 Å². The minimum atomic E-state index is -0.246. The molecule has 0 saturated carbocycles. The predicted molar refractivity (Wildman–Crippen MR) is 88.2 cm³/mol. The number of halogens is 1. The lowest BCUT2D eigenvalue weighted by molar-refractivity contribution is -0.123. The van der Waals surface area contributed by atoms with E-state index in [2.05, 4.69) is 5.32 Å². The van der Waals surface area contributed by atoms with E-state index in [-0.39, 0.29) is 17.8 Å². The van der Waals surface area contributed by atoms with E-state index in [4.69, 9.17) is 0 Å². The van der Waals surface area contributed by atoms with Crippen LogP contribution >= 0.6 is 11.3 Å². The highest BCUT2D eigenvalue weighted by molar-refractivity contribution is 7.10. The van der Waals surface area contributed by atoms with Gasteiger partial charge in [0.15, 0.2) is 0 Å². The zero-order chi connectivity index (χ0) is 15.9. The van der Waals surface area contributed by atoms with Crippen molar-refractivity contribution in [2.45, 2.75) is 26.4 Å². The monoisotopic (exact) mass is 320 g/mol. The first-order valence-corrected chi connectivity index (χ1v) is 8.26. The molecule has 118 valence electrons. The van der Waals surface area contributed by atoms with Gasteiger partial charge in [-0.1, -0.05) is 25.1 Å². The van der Waals surface area contributed by atoms with E-state index in [9.17, 15) is 9.18 Å². The van der Waals surface area contributed by atoms with E-state index in [0.29, 0.717) is 13.1 Å². The first-order valence-electron chi connectivity index (χ1n) is 7.38. The molecule has 0 unspecified atom stereocenters. The van der Waals surface area contributed by atoms with Crippen LogP contribution in [0.3, 0.4) is 0 Å². The molecule has 0 fully saturated rings. The number of carbonyl (C=O) groups excluding carboxylic acids is 1. The van der Waals surface area contributed by atoms with Crippen LogP contribution in [0.4, 0.5) is 4.39 Å². The molecule has 3 nitrogen and oxygen atoms in total. The molecule has 1 aromatic heterocycles. The highest BCUT2D eigenvalue weighted by atomic mass is 32.1. The van der Waals surface area contributed by atoms with Crippen LogP contribution < -0.4 is 5.32 Å². The van der Waals surface area contributed by atoms with Crippen molar-refractivity contribution < 1.29 is 9.18 Å². The van der Waals surface area contributed by atoms with Crippen molar-refractivity contribution in [1.82, 2.24) is 10.2 Å². The molecule has 2 rings (SSSR count). The van der Waals surface area contributed by atoms with Gasteiger partial charge in [0.25, 0.3) is 0 Å². The second-order valence-electron chi connectivity index (χ2n) is 5.24. The summed E-state index contributed by atoms with van der Waals surface area (Å²) in [5.74, 6) is -0.261. The highest BCUT2D eigenvalue weighted by Gasteiger charge is 2.14. The van der Waals surface area contributed by atoms with E-state index in [1.54, 1.807) is 17.4 Å². The van der Waals surface area contributed by atoms with Gasteiger partial charge in [-0.3, -0.25) is 9.69 Å². The molecule has 1 N–H and O–H groups in total. The standard InChI is InChI=1S/C17H21FN2OS/c1-3-20(11-14-6-4-7-15(18)10-14)12-17(21)19-13(2)16-8-5-9-22-16/h4-10,13H,3,11-12H2,1-2H3,(H,19,21)/t13-/m1/s1. The molecule has 5 heteroatoms. The molecule has 0 spiro atoms. The Kier molecular flexibility index (Phi) is 6.10. The zero-order valence-electron chi connectivity index (χ0n) is 12.9. The van der Waals surface area contributed by atoms with Gasteiger partial charge in [-0.05, 0) is 42.6 Å². The van der Waals surface area contributed by atoms with E-state index < -0.39 is 0 Å². The highest BCUT2D eigenvalue weighted by Crippen LogP contribution is 2.18. The summed E-state index contributed by atoms with van der Waals surface area (Å²) in [6, 6.07) is 10.5. The van der Waals surface area contributed by atoms with E-state index in [1.807, 2.05) is 42.3 Å². The van der Waals surface area contributed by atoms with Gasteiger partial charge in [-0.2, -0.15) is 0 Å². The van der Waals surface area contributed by atoms with Crippen LogP contribution in [0, 0.1) is 5.82 Å². The number of hydrogen-bond acceptors (Lipinski definition) is 3. The van der Waals surface area contributed by atoms with Gasteiger partial charge in [-0.15, -0.1) is 11.3 Å². The normalized spacial score (nSPS) is 12.4. The number of carbonyl (C=O) groups is 1. The number of hydrogen-bond donors (Lipinski definition) is 1. The largest absolute Gasteiger partial charge is 0.348 e. The van der Waals surface area contributed by atoms with Gasteiger partial charge in [0.05, 0.1) is 12.6 Å². The molecule has 0 aliphatic heterocycles. The quantitative estimate of drug-likeness (QED) is 0.845. The number of nitrogens with zero attached hydrogens (tertiary/aromatic N) is 1. The topological polar surface area (TPSA) is 32.3 Å². The summed E-state index contributed by atoms with van der Waals surface area (Å²) in [7, 11) is 0. The van der Waals surface area contributed by atoms with Crippen LogP contribution in [0.1, 0.15) is 30.3 Å². The summed E-state index contributed by atoms with van der Waals surface area (Å²) >= 11 is 1.63. The maximum atomic E-state index is 13.2. The number of benzene rings is 1. The second-order valence-corrected chi connectivity index (χ2v) is 6.22. The molecule has 0 saturated heterocycles. The molecule has 22 heavy (non-hydrogen) atoms. The van der Waals surface area contributed by atoms with Crippen LogP contribution in [0.15, 0.2) is 41.8 Å². The lowest BCUT2D eigenvalue weighted by atomic mass is 10.2. The average molecular weight is 320 g/mol. The molecule has 0 radical (unpaired) electrons. The van der Waals surface area contributed by atoms with Crippen LogP contribution in [0.2, 0.25) is 0 Å². The Morgan fingerprint density at radius 3 is 2.82 bits per heavy atom. The fourth-order valence-electron chi connectivity index (χ4n) is 2.27. The molecule has 0 aliphatic rings. The van der Waals surface area contributed by atoms with E-state index in [1.165, 1.54) is 12.1 Å². The molecule has 2 aromatic rings. The Morgan fingerprint density at radius 2 is 2.18 bits per heavy atom. The number of thiophene rings is 1. The van der Waals surface area contributed by atoms with Crippen molar-refractivity contribution in [3.8, 4) is 0 Å². The van der Waals surface area contributed by atoms with Crippen molar-refractivity contribution in [3.63, 3.8) is 0 Å². The lowest BCUT2D eigenvalue weighted by Gasteiger charge is -2.21. The molecular formula is C17H21FN2OS. The Bertz CT molecular complexity index is 600. The Labute approximate surface area is 134 Å². The maximum Gasteiger partial charge on any atom is 0.234 e. The van der Waals surface area contributed by atoms with Gasteiger partial charge in [0.1, 0.15) is 5.82 Å². The summed E-state index contributed by atoms with van der Waals surface area (Å²) in [5.41, 5.74) is 0.876. The van der Waals surface area contributed by atoms with Crippen LogP contribution in [-0.2, 0) is 11.3 Å². The third-order valence-corrected chi connectivity index (χ3v) is 4.51. The summed E-state index contributed by atoms with van der Waals surface area (Å²) < 4.78 is 13.2. The summed E-state index contributed by atoms with van der Waals surface area (Å²) in [6.07, 6.45) is 0. The first-order chi connectivity index (χ1) is 10.6. The minimum Gasteiger partial charge on any atom is -0.348 e. The Hall–Kier alpha value is -1.72. The van der Waals surface area contributed by atoms with E-state index in [0.717, 1.165) is 17.0 Å². The molecule has 1 atom stereocenters. The SMILES string of the molecule is CCN(CC(=O)N[C@H](C)c1cccs1)Cc1cccc(F)c1. The lowest BCUT2D eigenvalue weighted by Crippen LogP contribution is -2.37. The molecule has 1 amide bonds. The third-order valence-electron chi connectivity index (χ3n) is 3.46. The number of amides is 1.